The first-order valence-corrected chi connectivity index (χ1v) is 11.9. The number of rotatable bonds is 5. The van der Waals surface area contributed by atoms with Crippen LogP contribution in [0.4, 0.5) is 10.8 Å². The molecular weight excluding hydrogens is 470 g/mol. The van der Waals surface area contributed by atoms with Crippen molar-refractivity contribution in [2.75, 3.05) is 5.32 Å². The van der Waals surface area contributed by atoms with E-state index >= 15 is 0 Å². The van der Waals surface area contributed by atoms with Crippen LogP contribution in [0, 0.1) is 0 Å². The minimum absolute atomic E-state index is 0.0353. The Morgan fingerprint density at radius 3 is 2.58 bits per heavy atom. The quantitative estimate of drug-likeness (QED) is 0.301. The Kier molecular flexibility index (Phi) is 6.04. The minimum atomic E-state index is -0.0353. The van der Waals surface area contributed by atoms with Crippen molar-refractivity contribution in [3.63, 3.8) is 0 Å². The second-order valence-electron chi connectivity index (χ2n) is 8.85. The highest BCUT2D eigenvalue weighted by Crippen LogP contribution is 2.39. The van der Waals surface area contributed by atoms with Gasteiger partial charge in [-0.2, -0.15) is 0 Å². The van der Waals surface area contributed by atoms with Crippen molar-refractivity contribution in [2.24, 2.45) is 0 Å². The molecule has 0 atom stereocenters. The number of anilines is 2. The Hall–Kier alpha value is -2.44. The molecule has 0 aliphatic heterocycles. The van der Waals surface area contributed by atoms with E-state index in [1.54, 1.807) is 17.5 Å². The first-order chi connectivity index (χ1) is 14.7. The van der Waals surface area contributed by atoms with Crippen LogP contribution in [0.2, 0.25) is 0 Å². The van der Waals surface area contributed by atoms with Crippen LogP contribution in [0.25, 0.3) is 10.2 Å². The number of fused-ring (bicyclic) bond motifs is 1. The van der Waals surface area contributed by atoms with Gasteiger partial charge in [0.2, 0.25) is 5.88 Å². The molecular formula is C25H26BrN3OS. The van der Waals surface area contributed by atoms with Gasteiger partial charge in [0.05, 0.1) is 10.2 Å². The standard InChI is InChI=1S/C25H26BrN3OS/c1-15(2)16-13-18(26)22-21(14-16)31-24(29-22)28-19-10-8-12-27-23(19)30-20-11-7-6-9-17(20)25(3,4)5/h6-15H,1-5H3,(H,28,29). The van der Waals surface area contributed by atoms with E-state index in [4.69, 9.17) is 9.72 Å². The summed E-state index contributed by atoms with van der Waals surface area (Å²) in [7, 11) is 0. The normalized spacial score (nSPS) is 11.8. The molecule has 0 radical (unpaired) electrons. The van der Waals surface area contributed by atoms with E-state index in [0.717, 1.165) is 36.8 Å². The molecule has 0 spiro atoms. The minimum Gasteiger partial charge on any atom is -0.437 e. The van der Waals surface area contributed by atoms with Crippen LogP contribution in [-0.2, 0) is 5.41 Å². The van der Waals surface area contributed by atoms with E-state index in [0.29, 0.717) is 11.8 Å². The van der Waals surface area contributed by atoms with Crippen LogP contribution in [0.15, 0.2) is 59.2 Å². The average Bonchev–Trinajstić information content (AvgIpc) is 3.12. The number of hydrogen-bond donors (Lipinski definition) is 1. The van der Waals surface area contributed by atoms with Crippen LogP contribution in [-0.4, -0.2) is 9.97 Å². The molecule has 4 nitrogen and oxygen atoms in total. The van der Waals surface area contributed by atoms with Crippen molar-refractivity contribution in [3.8, 4) is 11.6 Å². The molecule has 2 heterocycles. The zero-order valence-corrected chi connectivity index (χ0v) is 20.8. The third-order valence-corrected chi connectivity index (χ3v) is 6.57. The van der Waals surface area contributed by atoms with Crippen LogP contribution < -0.4 is 10.1 Å². The molecule has 1 N–H and O–H groups in total. The van der Waals surface area contributed by atoms with E-state index < -0.39 is 0 Å². The number of ether oxygens (including phenoxy) is 1. The van der Waals surface area contributed by atoms with Gasteiger partial charge >= 0.3 is 0 Å². The lowest BCUT2D eigenvalue weighted by Gasteiger charge is -2.22. The van der Waals surface area contributed by atoms with Crippen molar-refractivity contribution in [3.05, 3.63) is 70.3 Å². The highest BCUT2D eigenvalue weighted by atomic mass is 79.9. The molecule has 4 rings (SSSR count). The van der Waals surface area contributed by atoms with Crippen molar-refractivity contribution in [1.82, 2.24) is 9.97 Å². The highest BCUT2D eigenvalue weighted by molar-refractivity contribution is 9.10. The first kappa shape index (κ1) is 21.8. The predicted molar refractivity (Wildman–Crippen MR) is 134 cm³/mol. The molecule has 0 fully saturated rings. The molecule has 0 unspecified atom stereocenters. The van der Waals surface area contributed by atoms with Crippen molar-refractivity contribution in [2.45, 2.75) is 46.0 Å². The van der Waals surface area contributed by atoms with Gasteiger partial charge in [-0.3, -0.25) is 0 Å². The molecule has 2 aromatic heterocycles. The summed E-state index contributed by atoms with van der Waals surface area (Å²) >= 11 is 5.30. The van der Waals surface area contributed by atoms with Crippen LogP contribution in [0.3, 0.4) is 0 Å². The molecule has 2 aromatic carbocycles. The number of nitrogens with one attached hydrogen (secondary N) is 1. The molecule has 0 amide bonds. The highest BCUT2D eigenvalue weighted by Gasteiger charge is 2.20. The lowest BCUT2D eigenvalue weighted by atomic mass is 9.86. The molecule has 0 aliphatic carbocycles. The first-order valence-electron chi connectivity index (χ1n) is 10.3. The van der Waals surface area contributed by atoms with Crippen molar-refractivity contribution >= 4 is 48.3 Å². The molecule has 31 heavy (non-hydrogen) atoms. The maximum absolute atomic E-state index is 6.28. The van der Waals surface area contributed by atoms with Gasteiger partial charge in [0.25, 0.3) is 0 Å². The van der Waals surface area contributed by atoms with Gasteiger partial charge in [0, 0.05) is 16.2 Å². The Morgan fingerprint density at radius 1 is 1.06 bits per heavy atom. The zero-order chi connectivity index (χ0) is 22.2. The maximum atomic E-state index is 6.28. The van der Waals surface area contributed by atoms with Gasteiger partial charge in [-0.1, -0.05) is 64.2 Å². The summed E-state index contributed by atoms with van der Waals surface area (Å²) in [6.07, 6.45) is 1.74. The summed E-state index contributed by atoms with van der Waals surface area (Å²) in [4.78, 5) is 9.28. The van der Waals surface area contributed by atoms with Gasteiger partial charge < -0.3 is 10.1 Å². The second kappa shape index (κ2) is 8.60. The molecule has 4 aromatic rings. The molecule has 0 saturated heterocycles. The van der Waals surface area contributed by atoms with Crippen molar-refractivity contribution < 1.29 is 4.74 Å². The van der Waals surface area contributed by atoms with Gasteiger partial charge in [0.1, 0.15) is 11.4 Å². The molecule has 0 bridgehead atoms. The summed E-state index contributed by atoms with van der Waals surface area (Å²) in [5, 5.41) is 4.22. The fourth-order valence-corrected chi connectivity index (χ4v) is 5.01. The summed E-state index contributed by atoms with van der Waals surface area (Å²) in [5.41, 5.74) is 4.13. The molecule has 6 heteroatoms. The largest absolute Gasteiger partial charge is 0.437 e. The number of aromatic nitrogens is 2. The molecule has 0 saturated carbocycles. The predicted octanol–water partition coefficient (Wildman–Crippen LogP) is 8.41. The lowest BCUT2D eigenvalue weighted by Crippen LogP contribution is -2.12. The van der Waals surface area contributed by atoms with Gasteiger partial charge in [-0.05, 0) is 63.2 Å². The fraction of sp³-hybridized carbons (Fsp3) is 0.280. The number of nitrogens with zero attached hydrogens (tertiary/aromatic N) is 2. The average molecular weight is 496 g/mol. The zero-order valence-electron chi connectivity index (χ0n) is 18.4. The SMILES string of the molecule is CC(C)c1cc(Br)c2nc(Nc3cccnc3Oc3ccccc3C(C)(C)C)sc2c1. The van der Waals surface area contributed by atoms with E-state index in [-0.39, 0.29) is 5.41 Å². The fourth-order valence-electron chi connectivity index (χ4n) is 3.36. The Morgan fingerprint density at radius 2 is 1.84 bits per heavy atom. The van der Waals surface area contributed by atoms with E-state index in [1.165, 1.54) is 5.56 Å². The number of thiazole rings is 1. The summed E-state index contributed by atoms with van der Waals surface area (Å²) in [6.45, 7) is 10.9. The monoisotopic (exact) mass is 495 g/mol. The molecule has 0 aliphatic rings. The molecule has 160 valence electrons. The third kappa shape index (κ3) is 4.75. The van der Waals surface area contributed by atoms with Gasteiger partial charge in [0.15, 0.2) is 5.13 Å². The van der Waals surface area contributed by atoms with E-state index in [2.05, 4.69) is 79.0 Å². The van der Waals surface area contributed by atoms with Gasteiger partial charge in [-0.15, -0.1) is 0 Å². The summed E-state index contributed by atoms with van der Waals surface area (Å²) in [5.74, 6) is 1.80. The topological polar surface area (TPSA) is 47.0 Å². The van der Waals surface area contributed by atoms with Crippen LogP contribution >= 0.6 is 27.3 Å². The maximum Gasteiger partial charge on any atom is 0.243 e. The Bertz CT molecular complexity index is 1230. The number of halogens is 1. The third-order valence-electron chi connectivity index (χ3n) is 5.05. The number of benzene rings is 2. The summed E-state index contributed by atoms with van der Waals surface area (Å²) in [6, 6.07) is 16.3. The Balaban J connectivity index is 1.67. The smallest absolute Gasteiger partial charge is 0.243 e. The number of hydrogen-bond acceptors (Lipinski definition) is 5. The lowest BCUT2D eigenvalue weighted by molar-refractivity contribution is 0.442. The Labute approximate surface area is 195 Å². The second-order valence-corrected chi connectivity index (χ2v) is 10.7. The van der Waals surface area contributed by atoms with Crippen LogP contribution in [0.5, 0.6) is 11.6 Å². The van der Waals surface area contributed by atoms with Crippen molar-refractivity contribution in [1.29, 1.82) is 0 Å². The van der Waals surface area contributed by atoms with Gasteiger partial charge in [-0.25, -0.2) is 9.97 Å². The summed E-state index contributed by atoms with van der Waals surface area (Å²) < 4.78 is 8.44. The number of pyridine rings is 1. The number of para-hydroxylation sites is 1. The van der Waals surface area contributed by atoms with E-state index in [1.807, 2.05) is 30.3 Å². The van der Waals surface area contributed by atoms with Crippen LogP contribution in [0.1, 0.15) is 51.7 Å². The van der Waals surface area contributed by atoms with E-state index in [9.17, 15) is 0 Å².